The summed E-state index contributed by atoms with van der Waals surface area (Å²) in [6, 6.07) is 13.2. The number of nitrogens with zero attached hydrogens (tertiary/aromatic N) is 3. The van der Waals surface area contributed by atoms with Crippen molar-refractivity contribution in [2.24, 2.45) is 0 Å². The molecule has 4 rings (SSSR count). The Balaban J connectivity index is 1.40. The average molecular weight is 367 g/mol. The van der Waals surface area contributed by atoms with Gasteiger partial charge in [0.05, 0.1) is 12.8 Å². The van der Waals surface area contributed by atoms with Crippen LogP contribution in [0.1, 0.15) is 31.2 Å². The number of hydrogen-bond acceptors (Lipinski definition) is 5. The molecule has 1 aliphatic carbocycles. The van der Waals surface area contributed by atoms with Crippen molar-refractivity contribution in [2.45, 2.75) is 38.3 Å². The first-order chi connectivity index (χ1) is 13.3. The average Bonchev–Trinajstić information content (AvgIpc) is 3.26. The maximum absolute atomic E-state index is 5.53. The minimum absolute atomic E-state index is 0.681. The van der Waals surface area contributed by atoms with Crippen LogP contribution < -0.4 is 19.9 Å². The van der Waals surface area contributed by atoms with Gasteiger partial charge in [-0.2, -0.15) is 0 Å². The molecular formula is C22H30N4O. The van der Waals surface area contributed by atoms with Crippen molar-refractivity contribution in [3.63, 3.8) is 0 Å². The molecule has 0 unspecified atom stereocenters. The highest BCUT2D eigenvalue weighted by molar-refractivity contribution is 5.60. The largest absolute Gasteiger partial charge is 0.495 e. The molecule has 1 aromatic carbocycles. The number of ether oxygens (including phenoxy) is 1. The monoisotopic (exact) mass is 366 g/mol. The topological polar surface area (TPSA) is 40.6 Å². The van der Waals surface area contributed by atoms with Crippen LogP contribution >= 0.6 is 0 Å². The minimum atomic E-state index is 0.681. The van der Waals surface area contributed by atoms with Gasteiger partial charge in [-0.3, -0.25) is 0 Å². The lowest BCUT2D eigenvalue weighted by Crippen LogP contribution is -2.47. The third-order valence-corrected chi connectivity index (χ3v) is 5.81. The zero-order chi connectivity index (χ0) is 18.5. The zero-order valence-corrected chi connectivity index (χ0v) is 16.2. The van der Waals surface area contributed by atoms with Gasteiger partial charge >= 0.3 is 0 Å². The van der Waals surface area contributed by atoms with Crippen molar-refractivity contribution < 1.29 is 4.74 Å². The van der Waals surface area contributed by atoms with E-state index in [1.54, 1.807) is 7.11 Å². The number of rotatable bonds is 6. The van der Waals surface area contributed by atoms with Crippen LogP contribution in [0, 0.1) is 0 Å². The molecule has 2 aliphatic rings. The molecule has 0 bridgehead atoms. The molecule has 0 amide bonds. The summed E-state index contributed by atoms with van der Waals surface area (Å²) in [6.45, 7) is 4.83. The molecule has 2 aromatic rings. The van der Waals surface area contributed by atoms with E-state index in [1.807, 2.05) is 18.3 Å². The Morgan fingerprint density at radius 2 is 1.74 bits per heavy atom. The van der Waals surface area contributed by atoms with Gasteiger partial charge in [-0.25, -0.2) is 4.98 Å². The quantitative estimate of drug-likeness (QED) is 0.848. The van der Waals surface area contributed by atoms with Crippen molar-refractivity contribution in [3.8, 4) is 5.75 Å². The minimum Gasteiger partial charge on any atom is -0.495 e. The van der Waals surface area contributed by atoms with Gasteiger partial charge in [0.1, 0.15) is 11.6 Å². The Morgan fingerprint density at radius 3 is 2.52 bits per heavy atom. The molecular weight excluding hydrogens is 336 g/mol. The third kappa shape index (κ3) is 4.19. The second kappa shape index (κ2) is 8.61. The molecule has 0 spiro atoms. The molecule has 0 radical (unpaired) electrons. The number of benzene rings is 1. The van der Waals surface area contributed by atoms with Crippen LogP contribution in [-0.2, 0) is 6.54 Å². The van der Waals surface area contributed by atoms with E-state index in [0.717, 1.165) is 44.3 Å². The van der Waals surface area contributed by atoms with E-state index in [1.165, 1.54) is 36.9 Å². The van der Waals surface area contributed by atoms with E-state index >= 15 is 0 Å². The van der Waals surface area contributed by atoms with E-state index in [9.17, 15) is 0 Å². The molecule has 5 nitrogen and oxygen atoms in total. The van der Waals surface area contributed by atoms with Gasteiger partial charge in [0.25, 0.3) is 0 Å². The fraction of sp³-hybridized carbons (Fsp3) is 0.500. The molecule has 0 atom stereocenters. The standard InChI is InChI=1S/C22H30N4O/c1-27-21-11-5-4-10-20(21)25-13-15-26(16-14-25)22-18(7-6-12-23-22)17-24-19-8-2-3-9-19/h4-7,10-12,19,24H,2-3,8-9,13-17H2,1H3. The summed E-state index contributed by atoms with van der Waals surface area (Å²) in [4.78, 5) is 9.56. The Bertz CT molecular complexity index is 737. The Labute approximate surface area is 162 Å². The van der Waals surface area contributed by atoms with Crippen LogP contribution in [0.5, 0.6) is 5.75 Å². The van der Waals surface area contributed by atoms with E-state index in [4.69, 9.17) is 9.72 Å². The highest BCUT2D eigenvalue weighted by Crippen LogP contribution is 2.29. The van der Waals surface area contributed by atoms with Crippen LogP contribution in [0.2, 0.25) is 0 Å². The van der Waals surface area contributed by atoms with Crippen molar-refractivity contribution in [2.75, 3.05) is 43.1 Å². The summed E-state index contributed by atoms with van der Waals surface area (Å²) < 4.78 is 5.53. The normalized spacial score (nSPS) is 18.1. The first-order valence-corrected chi connectivity index (χ1v) is 10.2. The first kappa shape index (κ1) is 18.1. The van der Waals surface area contributed by atoms with Crippen LogP contribution in [0.4, 0.5) is 11.5 Å². The van der Waals surface area contributed by atoms with E-state index in [0.29, 0.717) is 6.04 Å². The Kier molecular flexibility index (Phi) is 5.78. The summed E-state index contributed by atoms with van der Waals surface area (Å²) in [7, 11) is 1.74. The summed E-state index contributed by atoms with van der Waals surface area (Å²) in [5.41, 5.74) is 2.50. The number of methoxy groups -OCH3 is 1. The molecule has 1 aliphatic heterocycles. The van der Waals surface area contributed by atoms with Crippen LogP contribution in [-0.4, -0.2) is 44.3 Å². The highest BCUT2D eigenvalue weighted by atomic mass is 16.5. The van der Waals surface area contributed by atoms with E-state index in [-0.39, 0.29) is 0 Å². The summed E-state index contributed by atoms with van der Waals surface area (Å²) in [5.74, 6) is 2.09. The van der Waals surface area contributed by atoms with Gasteiger partial charge in [-0.15, -0.1) is 0 Å². The van der Waals surface area contributed by atoms with Crippen LogP contribution in [0.15, 0.2) is 42.6 Å². The lowest BCUT2D eigenvalue weighted by molar-refractivity contribution is 0.413. The predicted molar refractivity (Wildman–Crippen MR) is 111 cm³/mol. The number of para-hydroxylation sites is 2. The molecule has 1 N–H and O–H groups in total. The van der Waals surface area contributed by atoms with Crippen molar-refractivity contribution in [1.29, 1.82) is 0 Å². The fourth-order valence-corrected chi connectivity index (χ4v) is 4.29. The number of anilines is 2. The molecule has 1 saturated carbocycles. The number of hydrogen-bond donors (Lipinski definition) is 1. The summed E-state index contributed by atoms with van der Waals surface area (Å²) in [6.07, 6.45) is 7.27. The van der Waals surface area contributed by atoms with Crippen molar-refractivity contribution >= 4 is 11.5 Å². The van der Waals surface area contributed by atoms with Crippen molar-refractivity contribution in [1.82, 2.24) is 10.3 Å². The smallest absolute Gasteiger partial charge is 0.142 e. The number of nitrogens with one attached hydrogen (secondary N) is 1. The van der Waals surface area contributed by atoms with E-state index in [2.05, 4.69) is 39.4 Å². The molecule has 1 saturated heterocycles. The maximum Gasteiger partial charge on any atom is 0.142 e. The van der Waals surface area contributed by atoms with Gasteiger partial charge in [-0.1, -0.05) is 31.0 Å². The van der Waals surface area contributed by atoms with Gasteiger partial charge in [0.15, 0.2) is 0 Å². The third-order valence-electron chi connectivity index (χ3n) is 5.81. The van der Waals surface area contributed by atoms with Gasteiger partial charge in [0, 0.05) is 50.5 Å². The lowest BCUT2D eigenvalue weighted by Gasteiger charge is -2.38. The summed E-state index contributed by atoms with van der Waals surface area (Å²) >= 11 is 0. The van der Waals surface area contributed by atoms with Crippen LogP contribution in [0.25, 0.3) is 0 Å². The molecule has 1 aromatic heterocycles. The second-order valence-electron chi connectivity index (χ2n) is 7.49. The fourth-order valence-electron chi connectivity index (χ4n) is 4.29. The van der Waals surface area contributed by atoms with Crippen LogP contribution in [0.3, 0.4) is 0 Å². The Hall–Kier alpha value is -2.27. The molecule has 144 valence electrons. The maximum atomic E-state index is 5.53. The number of pyridine rings is 1. The summed E-state index contributed by atoms with van der Waals surface area (Å²) in [5, 5.41) is 3.73. The number of piperazine rings is 1. The molecule has 5 heteroatoms. The second-order valence-corrected chi connectivity index (χ2v) is 7.49. The predicted octanol–water partition coefficient (Wildman–Crippen LogP) is 3.45. The van der Waals surface area contributed by atoms with Gasteiger partial charge in [-0.05, 0) is 31.0 Å². The highest BCUT2D eigenvalue weighted by Gasteiger charge is 2.22. The first-order valence-electron chi connectivity index (χ1n) is 10.2. The lowest BCUT2D eigenvalue weighted by atomic mass is 10.1. The number of aromatic nitrogens is 1. The van der Waals surface area contributed by atoms with Gasteiger partial charge < -0.3 is 19.9 Å². The van der Waals surface area contributed by atoms with Crippen molar-refractivity contribution in [3.05, 3.63) is 48.2 Å². The zero-order valence-electron chi connectivity index (χ0n) is 16.2. The Morgan fingerprint density at radius 1 is 1.00 bits per heavy atom. The van der Waals surface area contributed by atoms with Gasteiger partial charge in [0.2, 0.25) is 0 Å². The van der Waals surface area contributed by atoms with E-state index < -0.39 is 0 Å². The molecule has 27 heavy (non-hydrogen) atoms. The SMILES string of the molecule is COc1ccccc1N1CCN(c2ncccc2CNC2CCCC2)CC1. The molecule has 2 fully saturated rings. The molecule has 2 heterocycles.